The number of hydrogen-bond donors (Lipinski definition) is 2. The number of esters is 1. The summed E-state index contributed by atoms with van der Waals surface area (Å²) < 4.78 is 15.2. The van der Waals surface area contributed by atoms with Crippen LogP contribution in [0.1, 0.15) is 36.1 Å². The van der Waals surface area contributed by atoms with Gasteiger partial charge in [-0.25, -0.2) is 9.42 Å². The summed E-state index contributed by atoms with van der Waals surface area (Å²) in [5, 5.41) is 21.6. The summed E-state index contributed by atoms with van der Waals surface area (Å²) in [5.41, 5.74) is 4.57. The van der Waals surface area contributed by atoms with E-state index in [1.165, 1.54) is 11.1 Å². The topological polar surface area (TPSA) is 107 Å². The number of aromatic nitrogens is 2. The van der Waals surface area contributed by atoms with Crippen molar-refractivity contribution >= 4 is 29.4 Å². The van der Waals surface area contributed by atoms with E-state index in [1.54, 1.807) is 19.1 Å². The van der Waals surface area contributed by atoms with Crippen LogP contribution in [-0.2, 0) is 22.4 Å². The average molecular weight is 448 g/mol. The van der Waals surface area contributed by atoms with Crippen LogP contribution in [0.5, 0.6) is 5.75 Å². The highest BCUT2D eigenvalue weighted by Crippen LogP contribution is 2.26. The maximum Gasteiger partial charge on any atom is 0.344 e. The van der Waals surface area contributed by atoms with Crippen LogP contribution in [0.2, 0.25) is 0 Å². The van der Waals surface area contributed by atoms with Crippen LogP contribution in [0, 0.1) is 0 Å². The van der Waals surface area contributed by atoms with Gasteiger partial charge in [0.2, 0.25) is 0 Å². The summed E-state index contributed by atoms with van der Waals surface area (Å²) in [4.78, 5) is 11.5. The van der Waals surface area contributed by atoms with Gasteiger partial charge in [-0.2, -0.15) is 0 Å². The van der Waals surface area contributed by atoms with Gasteiger partial charge < -0.3 is 19.9 Å². The van der Waals surface area contributed by atoms with Crippen molar-refractivity contribution in [2.24, 2.45) is 0 Å². The van der Waals surface area contributed by atoms with Gasteiger partial charge in [0.25, 0.3) is 0 Å². The molecule has 0 bridgehead atoms. The number of carbonyl (C=O) groups excluding carboxylic acids is 1. The molecule has 1 aliphatic carbocycles. The van der Waals surface area contributed by atoms with Gasteiger partial charge >= 0.3 is 5.97 Å². The van der Waals surface area contributed by atoms with E-state index < -0.39 is 6.10 Å². The molecule has 0 radical (unpaired) electrons. The molecule has 8 nitrogen and oxygen atoms in total. The van der Waals surface area contributed by atoms with E-state index in [0.717, 1.165) is 24.8 Å². The van der Waals surface area contributed by atoms with Gasteiger partial charge in [0.1, 0.15) is 16.8 Å². The number of nitrogens with zero attached hydrogens (tertiary/aromatic N) is 2. The van der Waals surface area contributed by atoms with Gasteiger partial charge in [0.05, 0.1) is 12.7 Å². The minimum absolute atomic E-state index is 0. The van der Waals surface area contributed by atoms with Crippen LogP contribution in [0.3, 0.4) is 0 Å². The molecule has 166 valence electrons. The van der Waals surface area contributed by atoms with Gasteiger partial charge in [0.15, 0.2) is 6.61 Å². The number of ether oxygens (including phenoxy) is 2. The van der Waals surface area contributed by atoms with Gasteiger partial charge in [0, 0.05) is 12.6 Å². The lowest BCUT2D eigenvalue weighted by Crippen LogP contribution is -2.37. The van der Waals surface area contributed by atoms with Crippen LogP contribution in [0.4, 0.5) is 0 Å². The second kappa shape index (κ2) is 10.6. The molecule has 2 N–H and O–H groups in total. The SMILES string of the molecule is CCOC(=O)COc1ccc2c(c1)C[C@@H](NC[C@@H](O)c1ccc3nonc3c1)CC2.Cl. The van der Waals surface area contributed by atoms with Crippen LogP contribution in [0.25, 0.3) is 11.0 Å². The normalized spacial score (nSPS) is 16.3. The maximum atomic E-state index is 11.5. The molecule has 1 heterocycles. The molecule has 0 unspecified atom stereocenters. The average Bonchev–Trinajstić information content (AvgIpc) is 3.24. The number of carbonyl (C=O) groups is 1. The zero-order valence-electron chi connectivity index (χ0n) is 17.2. The number of aliphatic hydroxyl groups excluding tert-OH is 1. The number of halogens is 1. The van der Waals surface area contributed by atoms with Crippen LogP contribution in [-0.4, -0.2) is 47.2 Å². The van der Waals surface area contributed by atoms with Crippen molar-refractivity contribution in [1.82, 2.24) is 15.6 Å². The molecule has 9 heteroatoms. The lowest BCUT2D eigenvalue weighted by molar-refractivity contribution is -0.145. The number of aliphatic hydroxyl groups is 1. The molecule has 0 saturated carbocycles. The third-order valence-corrected chi connectivity index (χ3v) is 5.33. The van der Waals surface area contributed by atoms with E-state index in [4.69, 9.17) is 14.1 Å². The van der Waals surface area contributed by atoms with E-state index in [2.05, 4.69) is 21.7 Å². The number of nitrogens with one attached hydrogen (secondary N) is 1. The fourth-order valence-electron chi connectivity index (χ4n) is 3.74. The highest BCUT2D eigenvalue weighted by molar-refractivity contribution is 5.85. The maximum absolute atomic E-state index is 11.5. The summed E-state index contributed by atoms with van der Waals surface area (Å²) in [6, 6.07) is 11.6. The predicted molar refractivity (Wildman–Crippen MR) is 116 cm³/mol. The Labute approximate surface area is 186 Å². The highest BCUT2D eigenvalue weighted by atomic mass is 35.5. The van der Waals surface area contributed by atoms with Gasteiger partial charge in [-0.15, -0.1) is 12.4 Å². The first kappa shape index (κ1) is 23.0. The molecule has 1 aromatic heterocycles. The number of aryl methyl sites for hydroxylation is 1. The van der Waals surface area contributed by atoms with Crippen LogP contribution >= 0.6 is 12.4 Å². The molecule has 0 saturated heterocycles. The monoisotopic (exact) mass is 447 g/mol. The number of fused-ring (bicyclic) bond motifs is 2. The highest BCUT2D eigenvalue weighted by Gasteiger charge is 2.20. The summed E-state index contributed by atoms with van der Waals surface area (Å²) in [6.45, 7) is 2.46. The van der Waals surface area contributed by atoms with Gasteiger partial charge in [-0.05, 0) is 77.5 Å². The molecule has 31 heavy (non-hydrogen) atoms. The molecule has 0 fully saturated rings. The van der Waals surface area contributed by atoms with Crippen molar-refractivity contribution in [2.75, 3.05) is 19.8 Å². The first-order chi connectivity index (χ1) is 14.6. The van der Waals surface area contributed by atoms with Crippen molar-refractivity contribution in [2.45, 2.75) is 38.3 Å². The Morgan fingerprint density at radius 3 is 2.90 bits per heavy atom. The largest absolute Gasteiger partial charge is 0.482 e. The fraction of sp³-hybridized carbons (Fsp3) is 0.409. The fourth-order valence-corrected chi connectivity index (χ4v) is 3.74. The molecule has 4 rings (SSSR count). The van der Waals surface area contributed by atoms with Crippen molar-refractivity contribution in [3.63, 3.8) is 0 Å². The first-order valence-electron chi connectivity index (χ1n) is 10.2. The van der Waals surface area contributed by atoms with Gasteiger partial charge in [-0.3, -0.25) is 0 Å². The minimum atomic E-state index is -0.647. The minimum Gasteiger partial charge on any atom is -0.482 e. The zero-order chi connectivity index (χ0) is 20.9. The van der Waals surface area contributed by atoms with Gasteiger partial charge in [-0.1, -0.05) is 12.1 Å². The Bertz CT molecular complexity index is 1030. The standard InChI is InChI=1S/C22H25N3O5.ClH/c1-2-28-22(27)13-29-18-7-4-14-3-6-17(9-16(14)10-18)23-12-21(26)15-5-8-19-20(11-15)25-30-24-19;/h4-5,7-8,10-11,17,21,23,26H,2-3,6,9,12-13H2,1H3;1H/t17-,21+;/m0./s1. The molecule has 2 atom stereocenters. The van der Waals surface area contributed by atoms with Crippen molar-refractivity contribution in [3.05, 3.63) is 53.1 Å². The Kier molecular flexibility index (Phi) is 7.84. The van der Waals surface area contributed by atoms with Crippen LogP contribution < -0.4 is 10.1 Å². The second-order valence-corrected chi connectivity index (χ2v) is 7.40. The lowest BCUT2D eigenvalue weighted by Gasteiger charge is -2.27. The van der Waals surface area contributed by atoms with E-state index in [-0.39, 0.29) is 31.0 Å². The molecule has 0 spiro atoms. The van der Waals surface area contributed by atoms with Crippen LogP contribution in [0.15, 0.2) is 41.0 Å². The quantitative estimate of drug-likeness (QED) is 0.507. The van der Waals surface area contributed by atoms with E-state index in [1.807, 2.05) is 18.2 Å². The number of benzene rings is 2. The van der Waals surface area contributed by atoms with E-state index in [9.17, 15) is 9.90 Å². The molecular weight excluding hydrogens is 422 g/mol. The van der Waals surface area contributed by atoms with E-state index >= 15 is 0 Å². The smallest absolute Gasteiger partial charge is 0.344 e. The predicted octanol–water partition coefficient (Wildman–Crippen LogP) is 2.77. The second-order valence-electron chi connectivity index (χ2n) is 7.40. The molecular formula is C22H26ClN3O5. The molecule has 3 aromatic rings. The number of rotatable bonds is 8. The Morgan fingerprint density at radius 1 is 1.23 bits per heavy atom. The third-order valence-electron chi connectivity index (χ3n) is 5.33. The zero-order valence-corrected chi connectivity index (χ0v) is 18.1. The van der Waals surface area contributed by atoms with E-state index in [0.29, 0.717) is 29.9 Å². The number of hydrogen-bond acceptors (Lipinski definition) is 8. The third kappa shape index (κ3) is 5.72. The molecule has 2 aromatic carbocycles. The van der Waals surface area contributed by atoms with Crippen molar-refractivity contribution in [1.29, 1.82) is 0 Å². The summed E-state index contributed by atoms with van der Waals surface area (Å²) in [5.74, 6) is 0.292. The molecule has 1 aliphatic rings. The molecule has 0 aliphatic heterocycles. The Hall–Kier alpha value is -2.68. The van der Waals surface area contributed by atoms with Crippen molar-refractivity contribution < 1.29 is 24.0 Å². The first-order valence-corrected chi connectivity index (χ1v) is 10.2. The Morgan fingerprint density at radius 2 is 2.06 bits per heavy atom. The summed E-state index contributed by atoms with van der Waals surface area (Å²) in [6.07, 6.45) is 2.14. The lowest BCUT2D eigenvalue weighted by atomic mass is 9.88. The molecule has 0 amide bonds. The Balaban J connectivity index is 0.00000272. The summed E-state index contributed by atoms with van der Waals surface area (Å²) in [7, 11) is 0. The summed E-state index contributed by atoms with van der Waals surface area (Å²) >= 11 is 0. The van der Waals surface area contributed by atoms with Crippen molar-refractivity contribution in [3.8, 4) is 5.75 Å².